The Morgan fingerprint density at radius 2 is 2.04 bits per heavy atom. The number of nitrogens with zero attached hydrogens (tertiary/aromatic N) is 2. The highest BCUT2D eigenvalue weighted by Crippen LogP contribution is 2.30. The van der Waals surface area contributed by atoms with Crippen molar-refractivity contribution in [2.24, 2.45) is 17.8 Å². The summed E-state index contributed by atoms with van der Waals surface area (Å²) in [5.74, 6) is 1.25. The molecular formula is C18H30N4O2. The summed E-state index contributed by atoms with van der Waals surface area (Å²) in [6, 6.07) is 0.0101. The molecule has 24 heavy (non-hydrogen) atoms. The van der Waals surface area contributed by atoms with Crippen LogP contribution in [0.15, 0.2) is 12.7 Å². The fourth-order valence-corrected chi connectivity index (χ4v) is 4.40. The number of rotatable bonds is 4. The van der Waals surface area contributed by atoms with Gasteiger partial charge in [-0.25, -0.2) is 5.43 Å². The van der Waals surface area contributed by atoms with Gasteiger partial charge in [-0.3, -0.25) is 19.9 Å². The van der Waals surface area contributed by atoms with E-state index in [0.29, 0.717) is 19.0 Å². The summed E-state index contributed by atoms with van der Waals surface area (Å²) >= 11 is 0. The lowest BCUT2D eigenvalue weighted by Crippen LogP contribution is -2.64. The van der Waals surface area contributed by atoms with E-state index >= 15 is 0 Å². The zero-order valence-electron chi connectivity index (χ0n) is 14.7. The van der Waals surface area contributed by atoms with E-state index in [1.165, 1.54) is 25.7 Å². The Hall–Kier alpha value is -1.40. The smallest absolute Gasteiger partial charge is 0.242 e. The molecule has 3 aliphatic rings. The second-order valence-corrected chi connectivity index (χ2v) is 7.53. The molecule has 1 saturated carbocycles. The normalized spacial score (nSPS) is 35.6. The zero-order valence-corrected chi connectivity index (χ0v) is 14.7. The summed E-state index contributed by atoms with van der Waals surface area (Å²) < 4.78 is 0. The molecule has 4 unspecified atom stereocenters. The molecule has 0 spiro atoms. The molecule has 4 atom stereocenters. The average Bonchev–Trinajstić information content (AvgIpc) is 2.58. The van der Waals surface area contributed by atoms with Gasteiger partial charge in [0.2, 0.25) is 11.8 Å². The van der Waals surface area contributed by atoms with Crippen LogP contribution in [-0.4, -0.2) is 60.4 Å². The third-order valence-electron chi connectivity index (χ3n) is 6.06. The maximum absolute atomic E-state index is 12.6. The molecular weight excluding hydrogens is 304 g/mol. The largest absolute Gasteiger partial charge is 0.340 e. The fraction of sp³-hybridized carbons (Fsp3) is 0.778. The van der Waals surface area contributed by atoms with Crippen LogP contribution in [0.25, 0.3) is 0 Å². The zero-order chi connectivity index (χ0) is 17.1. The van der Waals surface area contributed by atoms with Crippen molar-refractivity contribution in [1.82, 2.24) is 20.7 Å². The number of nitrogens with one attached hydrogen (secondary N) is 2. The Morgan fingerprint density at radius 1 is 1.25 bits per heavy atom. The molecule has 2 saturated heterocycles. The lowest BCUT2D eigenvalue weighted by atomic mass is 9.80. The lowest BCUT2D eigenvalue weighted by Gasteiger charge is -2.44. The van der Waals surface area contributed by atoms with E-state index in [2.05, 4.69) is 29.3 Å². The van der Waals surface area contributed by atoms with Gasteiger partial charge in [0.05, 0.1) is 12.5 Å². The highest BCUT2D eigenvalue weighted by molar-refractivity contribution is 5.82. The summed E-state index contributed by atoms with van der Waals surface area (Å²) in [4.78, 5) is 28.8. The number of hydrogen-bond acceptors (Lipinski definition) is 4. The van der Waals surface area contributed by atoms with E-state index in [9.17, 15) is 9.59 Å². The molecule has 6 nitrogen and oxygen atoms in total. The molecule has 0 aromatic carbocycles. The second-order valence-electron chi connectivity index (χ2n) is 7.53. The predicted octanol–water partition coefficient (Wildman–Crippen LogP) is 0.762. The van der Waals surface area contributed by atoms with E-state index in [0.717, 1.165) is 25.6 Å². The van der Waals surface area contributed by atoms with Crippen molar-refractivity contribution >= 4 is 11.8 Å². The van der Waals surface area contributed by atoms with Gasteiger partial charge in [-0.1, -0.05) is 32.3 Å². The minimum Gasteiger partial charge on any atom is -0.340 e. The third-order valence-corrected chi connectivity index (χ3v) is 6.06. The van der Waals surface area contributed by atoms with Gasteiger partial charge in [0.25, 0.3) is 0 Å². The first-order valence-electron chi connectivity index (χ1n) is 9.27. The number of piperazine rings is 1. The van der Waals surface area contributed by atoms with Gasteiger partial charge in [-0.15, -0.1) is 6.58 Å². The van der Waals surface area contributed by atoms with Crippen LogP contribution >= 0.6 is 0 Å². The topological polar surface area (TPSA) is 64.7 Å². The van der Waals surface area contributed by atoms with E-state index in [4.69, 9.17) is 0 Å². The molecule has 0 aromatic rings. The molecule has 3 fully saturated rings. The number of amides is 2. The highest BCUT2D eigenvalue weighted by Gasteiger charge is 2.38. The molecule has 0 bridgehead atoms. The van der Waals surface area contributed by atoms with Crippen molar-refractivity contribution in [1.29, 1.82) is 0 Å². The number of carbonyl (C=O) groups excluding carboxylic acids is 2. The Morgan fingerprint density at radius 3 is 2.75 bits per heavy atom. The van der Waals surface area contributed by atoms with Crippen molar-refractivity contribution < 1.29 is 9.59 Å². The van der Waals surface area contributed by atoms with Crippen LogP contribution in [-0.2, 0) is 9.59 Å². The molecule has 2 aliphatic heterocycles. The first-order chi connectivity index (χ1) is 11.6. The van der Waals surface area contributed by atoms with Crippen LogP contribution in [0.3, 0.4) is 0 Å². The van der Waals surface area contributed by atoms with Gasteiger partial charge in [0, 0.05) is 32.2 Å². The maximum Gasteiger partial charge on any atom is 0.242 e. The van der Waals surface area contributed by atoms with Gasteiger partial charge in [-0.2, -0.15) is 0 Å². The molecule has 2 heterocycles. The van der Waals surface area contributed by atoms with Crippen molar-refractivity contribution in [3.8, 4) is 0 Å². The number of carbonyl (C=O) groups is 2. The monoisotopic (exact) mass is 334 g/mol. The molecule has 0 aromatic heterocycles. The van der Waals surface area contributed by atoms with Crippen molar-refractivity contribution in [3.05, 3.63) is 12.7 Å². The summed E-state index contributed by atoms with van der Waals surface area (Å²) in [5, 5.41) is 0. The minimum atomic E-state index is -0.260. The Bertz CT molecular complexity index is 495. The molecule has 0 radical (unpaired) electrons. The summed E-state index contributed by atoms with van der Waals surface area (Å²) in [7, 11) is 0. The van der Waals surface area contributed by atoms with Gasteiger partial charge >= 0.3 is 0 Å². The summed E-state index contributed by atoms with van der Waals surface area (Å²) in [6.07, 6.45) is 6.87. The van der Waals surface area contributed by atoms with Crippen LogP contribution < -0.4 is 10.9 Å². The molecule has 2 N–H and O–H groups in total. The van der Waals surface area contributed by atoms with E-state index in [1.54, 1.807) is 6.08 Å². The van der Waals surface area contributed by atoms with E-state index < -0.39 is 0 Å². The summed E-state index contributed by atoms with van der Waals surface area (Å²) in [6.45, 7) is 9.67. The molecule has 1 aliphatic carbocycles. The van der Waals surface area contributed by atoms with Crippen molar-refractivity contribution in [2.45, 2.75) is 38.6 Å². The quantitative estimate of drug-likeness (QED) is 0.745. The van der Waals surface area contributed by atoms with Gasteiger partial charge < -0.3 is 4.90 Å². The first-order valence-corrected chi connectivity index (χ1v) is 9.27. The van der Waals surface area contributed by atoms with Crippen LogP contribution in [0.4, 0.5) is 0 Å². The molecule has 134 valence electrons. The van der Waals surface area contributed by atoms with Crippen molar-refractivity contribution in [3.63, 3.8) is 0 Å². The van der Waals surface area contributed by atoms with Gasteiger partial charge in [-0.05, 0) is 18.3 Å². The third kappa shape index (κ3) is 3.64. The van der Waals surface area contributed by atoms with Crippen LogP contribution in [0, 0.1) is 17.8 Å². The van der Waals surface area contributed by atoms with Crippen molar-refractivity contribution in [2.75, 3.05) is 32.7 Å². The summed E-state index contributed by atoms with van der Waals surface area (Å²) in [5.41, 5.74) is 5.58. The SMILES string of the molecule is C=CC1C(=O)NNCC1N1CCN(CC2CCCCC2C)C(=O)C1. The van der Waals surface area contributed by atoms with Crippen LogP contribution in [0.2, 0.25) is 0 Å². The Balaban J connectivity index is 1.57. The van der Waals surface area contributed by atoms with Crippen LogP contribution in [0.1, 0.15) is 32.6 Å². The van der Waals surface area contributed by atoms with Gasteiger partial charge in [0.15, 0.2) is 0 Å². The van der Waals surface area contributed by atoms with E-state index in [-0.39, 0.29) is 23.8 Å². The number of hydrazine groups is 1. The minimum absolute atomic E-state index is 0.0101. The second kappa shape index (κ2) is 7.66. The Kier molecular flexibility index (Phi) is 5.56. The molecule has 3 rings (SSSR count). The standard InChI is InChI=1S/C18H30N4O2/c1-3-15-16(10-19-20-18(15)24)21-8-9-22(17(23)12-21)11-14-7-5-4-6-13(14)2/h3,13-16,19H,1,4-12H2,2H3,(H,20,24). The number of hydrogen-bond donors (Lipinski definition) is 2. The fourth-order valence-electron chi connectivity index (χ4n) is 4.40. The van der Waals surface area contributed by atoms with Crippen LogP contribution in [0.5, 0.6) is 0 Å². The molecule has 6 heteroatoms. The molecule has 2 amide bonds. The highest BCUT2D eigenvalue weighted by atomic mass is 16.2. The Labute approximate surface area is 144 Å². The first kappa shape index (κ1) is 17.4. The average molecular weight is 334 g/mol. The maximum atomic E-state index is 12.6. The lowest BCUT2D eigenvalue weighted by molar-refractivity contribution is -0.141. The van der Waals surface area contributed by atoms with Gasteiger partial charge in [0.1, 0.15) is 0 Å². The predicted molar refractivity (Wildman–Crippen MR) is 92.9 cm³/mol. The van der Waals surface area contributed by atoms with E-state index in [1.807, 2.05) is 4.90 Å².